The first-order valence-corrected chi connectivity index (χ1v) is 7.09. The van der Waals surface area contributed by atoms with E-state index in [4.69, 9.17) is 9.47 Å². The summed E-state index contributed by atoms with van der Waals surface area (Å²) in [6.45, 7) is 2.81. The van der Waals surface area contributed by atoms with E-state index < -0.39 is 6.10 Å². The summed E-state index contributed by atoms with van der Waals surface area (Å²) in [5.74, 6) is 1.74. The lowest BCUT2D eigenvalue weighted by molar-refractivity contribution is 0.0172. The minimum atomic E-state index is -0.538. The number of imidazole rings is 2. The van der Waals surface area contributed by atoms with Gasteiger partial charge in [-0.2, -0.15) is 0 Å². The number of halogens is 1. The van der Waals surface area contributed by atoms with Crippen molar-refractivity contribution in [2.24, 2.45) is 7.05 Å². The number of ether oxygens (including phenoxy) is 2. The van der Waals surface area contributed by atoms with Crippen LogP contribution in [0.2, 0.25) is 0 Å². The second-order valence-corrected chi connectivity index (χ2v) is 5.67. The van der Waals surface area contributed by atoms with Gasteiger partial charge in [0.2, 0.25) is 0 Å². The molecule has 4 rings (SSSR count). The van der Waals surface area contributed by atoms with Gasteiger partial charge in [-0.25, -0.2) is 9.97 Å². The molecule has 120 valence electrons. The molecule has 2 aromatic heterocycles. The van der Waals surface area contributed by atoms with Gasteiger partial charge in [0.05, 0.1) is 19.3 Å². The van der Waals surface area contributed by atoms with E-state index in [1.165, 1.54) is 0 Å². The predicted molar refractivity (Wildman–Crippen MR) is 80.9 cm³/mol. The Bertz CT molecular complexity index is 651. The summed E-state index contributed by atoms with van der Waals surface area (Å²) in [5, 5.41) is 9.85. The van der Waals surface area contributed by atoms with E-state index in [9.17, 15) is 5.11 Å². The van der Waals surface area contributed by atoms with Crippen LogP contribution in [0, 0.1) is 6.92 Å². The first-order chi connectivity index (χ1) is 10.1. The van der Waals surface area contributed by atoms with Crippen LogP contribution in [0.15, 0.2) is 18.6 Å². The van der Waals surface area contributed by atoms with Crippen molar-refractivity contribution >= 4 is 12.4 Å². The fourth-order valence-corrected chi connectivity index (χ4v) is 3.14. The van der Waals surface area contributed by atoms with Crippen LogP contribution in [0.1, 0.15) is 11.9 Å². The van der Waals surface area contributed by atoms with Gasteiger partial charge in [-0.15, -0.1) is 12.4 Å². The van der Waals surface area contributed by atoms with E-state index in [-0.39, 0.29) is 30.7 Å². The molecule has 0 spiro atoms. The van der Waals surface area contributed by atoms with Crippen molar-refractivity contribution in [3.8, 4) is 11.5 Å². The van der Waals surface area contributed by atoms with Gasteiger partial charge in [0.25, 0.3) is 0 Å². The smallest absolute Gasteiger partial charge is 0.160 e. The number of hydrogen-bond acceptors (Lipinski definition) is 5. The number of rotatable bonds is 2. The third-order valence-electron chi connectivity index (χ3n) is 4.36. The summed E-state index contributed by atoms with van der Waals surface area (Å²) >= 11 is 0. The molecule has 0 aliphatic carbocycles. The van der Waals surface area contributed by atoms with Gasteiger partial charge in [0.15, 0.2) is 5.82 Å². The second kappa shape index (κ2) is 5.66. The largest absolute Gasteiger partial charge is 0.388 e. The number of aromatic nitrogens is 4. The fourth-order valence-electron chi connectivity index (χ4n) is 3.14. The Morgan fingerprint density at radius 3 is 2.77 bits per heavy atom. The van der Waals surface area contributed by atoms with Gasteiger partial charge >= 0.3 is 0 Å². The standard InChI is InChI=1S/C14H18N4O3.ClH/c1-8-16-9(5-17(8)2)14-15-3-4-18(14)10-6-20-13-11(19)7-21-12(10)13;/h3-5,10-13,19H,6-7H2,1-2H3;1H/t10-,11-,12-,13-;/m1./s1. The van der Waals surface area contributed by atoms with Gasteiger partial charge < -0.3 is 23.7 Å². The lowest BCUT2D eigenvalue weighted by Crippen LogP contribution is -2.30. The summed E-state index contributed by atoms with van der Waals surface area (Å²) in [6, 6.07) is 0.0203. The number of aryl methyl sites for hydroxylation is 2. The van der Waals surface area contributed by atoms with Crippen molar-refractivity contribution in [3.63, 3.8) is 0 Å². The zero-order valence-corrected chi connectivity index (χ0v) is 13.2. The zero-order valence-electron chi connectivity index (χ0n) is 12.4. The third kappa shape index (κ3) is 2.25. The Balaban J connectivity index is 0.00000144. The van der Waals surface area contributed by atoms with E-state index in [0.29, 0.717) is 13.2 Å². The topological polar surface area (TPSA) is 74.3 Å². The quantitative estimate of drug-likeness (QED) is 0.880. The lowest BCUT2D eigenvalue weighted by Gasteiger charge is -2.19. The summed E-state index contributed by atoms with van der Waals surface area (Å²) in [4.78, 5) is 8.97. The normalized spacial score (nSPS) is 30.3. The van der Waals surface area contributed by atoms with E-state index >= 15 is 0 Å². The Hall–Kier alpha value is -1.41. The molecule has 7 nitrogen and oxygen atoms in total. The van der Waals surface area contributed by atoms with E-state index in [1.807, 2.05) is 35.5 Å². The molecule has 0 bridgehead atoms. The highest BCUT2D eigenvalue weighted by Gasteiger charge is 2.48. The molecule has 0 radical (unpaired) electrons. The maximum absolute atomic E-state index is 9.85. The molecule has 2 saturated heterocycles. The number of hydrogen-bond donors (Lipinski definition) is 1. The SMILES string of the molecule is Cc1nc(-c2nccn2[C@@H]2CO[C@H]3[C@@H]2OC[C@H]3O)cn1C.Cl. The first kappa shape index (κ1) is 15.5. The van der Waals surface area contributed by atoms with Crippen LogP contribution >= 0.6 is 12.4 Å². The Kier molecular flexibility index (Phi) is 3.98. The fraction of sp³-hybridized carbons (Fsp3) is 0.571. The van der Waals surface area contributed by atoms with E-state index in [2.05, 4.69) is 9.97 Å². The van der Waals surface area contributed by atoms with Crippen molar-refractivity contribution in [2.75, 3.05) is 13.2 Å². The van der Waals surface area contributed by atoms with Crippen LogP contribution in [0.3, 0.4) is 0 Å². The van der Waals surface area contributed by atoms with Gasteiger partial charge in [-0.05, 0) is 6.92 Å². The molecule has 2 fully saturated rings. The molecule has 2 aliphatic rings. The maximum Gasteiger partial charge on any atom is 0.160 e. The molecule has 8 heteroatoms. The van der Waals surface area contributed by atoms with E-state index in [0.717, 1.165) is 17.3 Å². The van der Waals surface area contributed by atoms with Crippen LogP contribution in [0.4, 0.5) is 0 Å². The highest BCUT2D eigenvalue weighted by atomic mass is 35.5. The molecule has 0 saturated carbocycles. The molecule has 0 amide bonds. The Morgan fingerprint density at radius 1 is 1.27 bits per heavy atom. The van der Waals surface area contributed by atoms with Crippen LogP contribution in [-0.4, -0.2) is 55.7 Å². The molecule has 4 atom stereocenters. The van der Waals surface area contributed by atoms with Crippen molar-refractivity contribution in [1.82, 2.24) is 19.1 Å². The number of aliphatic hydroxyl groups excluding tert-OH is 1. The first-order valence-electron chi connectivity index (χ1n) is 7.09. The molecule has 0 unspecified atom stereocenters. The monoisotopic (exact) mass is 326 g/mol. The molecule has 1 N–H and O–H groups in total. The lowest BCUT2D eigenvalue weighted by atomic mass is 10.1. The molecule has 0 aromatic carbocycles. The maximum atomic E-state index is 9.85. The van der Waals surface area contributed by atoms with Gasteiger partial charge in [-0.3, -0.25) is 0 Å². The number of fused-ring (bicyclic) bond motifs is 1. The van der Waals surface area contributed by atoms with Gasteiger partial charge in [0.1, 0.15) is 29.8 Å². The second-order valence-electron chi connectivity index (χ2n) is 5.67. The minimum absolute atomic E-state index is 0. The highest BCUT2D eigenvalue weighted by Crippen LogP contribution is 2.36. The molecular weight excluding hydrogens is 308 g/mol. The molecule has 4 heterocycles. The molecule has 22 heavy (non-hydrogen) atoms. The zero-order chi connectivity index (χ0) is 14.6. The van der Waals surface area contributed by atoms with Gasteiger partial charge in [-0.1, -0.05) is 0 Å². The van der Waals surface area contributed by atoms with Crippen molar-refractivity contribution in [2.45, 2.75) is 31.3 Å². The van der Waals surface area contributed by atoms with Crippen molar-refractivity contribution in [1.29, 1.82) is 0 Å². The summed E-state index contributed by atoms with van der Waals surface area (Å²) in [5.41, 5.74) is 0.835. The highest BCUT2D eigenvalue weighted by molar-refractivity contribution is 5.85. The number of nitrogens with zero attached hydrogens (tertiary/aromatic N) is 4. The Labute approximate surface area is 134 Å². The van der Waals surface area contributed by atoms with Crippen molar-refractivity contribution < 1.29 is 14.6 Å². The summed E-state index contributed by atoms with van der Waals surface area (Å²) in [7, 11) is 1.96. The van der Waals surface area contributed by atoms with E-state index in [1.54, 1.807) is 6.20 Å². The average Bonchev–Trinajstić information content (AvgIpc) is 3.17. The Morgan fingerprint density at radius 2 is 2.05 bits per heavy atom. The van der Waals surface area contributed by atoms with Crippen LogP contribution in [0.25, 0.3) is 11.5 Å². The molecular formula is C14H19ClN4O3. The van der Waals surface area contributed by atoms with Crippen LogP contribution in [-0.2, 0) is 16.5 Å². The van der Waals surface area contributed by atoms with Gasteiger partial charge in [0, 0.05) is 25.6 Å². The van der Waals surface area contributed by atoms with Crippen molar-refractivity contribution in [3.05, 3.63) is 24.4 Å². The minimum Gasteiger partial charge on any atom is -0.388 e. The summed E-state index contributed by atoms with van der Waals surface area (Å²) < 4.78 is 15.4. The predicted octanol–water partition coefficient (Wildman–Crippen LogP) is 0.713. The van der Waals surface area contributed by atoms with Crippen LogP contribution < -0.4 is 0 Å². The summed E-state index contributed by atoms with van der Waals surface area (Å²) in [6.07, 6.45) is 4.74. The molecule has 2 aromatic rings. The number of aliphatic hydroxyl groups is 1. The molecule has 2 aliphatic heterocycles. The average molecular weight is 327 g/mol. The third-order valence-corrected chi connectivity index (χ3v) is 4.36. The van der Waals surface area contributed by atoms with Crippen LogP contribution in [0.5, 0.6) is 0 Å².